The molecular weight excluding hydrogens is 434 g/mol. The monoisotopic (exact) mass is 467 g/mol. The molecule has 1 aliphatic heterocycles. The smallest absolute Gasteiger partial charge is 0.251 e. The first-order valence-corrected chi connectivity index (χ1v) is 12.7. The summed E-state index contributed by atoms with van der Waals surface area (Å²) in [6.45, 7) is 0.591. The predicted octanol–water partition coefficient (Wildman–Crippen LogP) is 4.68. The lowest BCUT2D eigenvalue weighted by molar-refractivity contribution is -0.133. The molecule has 35 heavy (non-hydrogen) atoms. The number of hydrogen-bond donors (Lipinski definition) is 3. The minimum Gasteiger partial charge on any atom is -0.352 e. The molecule has 2 amide bonds. The molecule has 1 saturated heterocycles. The molecule has 0 spiro atoms. The van der Waals surface area contributed by atoms with E-state index in [0.717, 1.165) is 37.7 Å². The van der Waals surface area contributed by atoms with Crippen molar-refractivity contribution in [2.24, 2.45) is 11.8 Å². The van der Waals surface area contributed by atoms with E-state index in [1.165, 1.54) is 23.1 Å². The number of carbonyl (C=O) groups excluding carboxylic acids is 2. The molecule has 5 heteroatoms. The fourth-order valence-corrected chi connectivity index (χ4v) is 5.54. The first-order valence-electron chi connectivity index (χ1n) is 12.7. The molecule has 0 radical (unpaired) electrons. The molecule has 1 saturated carbocycles. The van der Waals surface area contributed by atoms with E-state index in [9.17, 15) is 9.59 Å². The van der Waals surface area contributed by atoms with Gasteiger partial charge in [-0.3, -0.25) is 15.0 Å². The molecular formula is C30H33N3O2. The molecule has 5 rings (SSSR count). The Morgan fingerprint density at radius 3 is 2.46 bits per heavy atom. The standard InChI is InChI=1S/C30H33N3O2/c34-29(31-18-17-21-13-15-24(16-14-21)23-8-2-1-3-9-23)25-10-6-7-22(19-25)20-28-26-11-4-5-12-27(26)30(35)33-32-28/h1-3,6-10,13-16,19,26-28,32H,4-5,11-12,17-18,20H2,(H,31,34)(H,33,35). The molecule has 0 aromatic heterocycles. The number of fused-ring (bicyclic) bond motifs is 1. The van der Waals surface area contributed by atoms with Crippen molar-refractivity contribution in [2.45, 2.75) is 44.6 Å². The maximum absolute atomic E-state index is 12.8. The predicted molar refractivity (Wildman–Crippen MR) is 139 cm³/mol. The van der Waals surface area contributed by atoms with Crippen molar-refractivity contribution in [2.75, 3.05) is 6.54 Å². The summed E-state index contributed by atoms with van der Waals surface area (Å²) in [5, 5.41) is 3.06. The Labute approximate surface area is 207 Å². The average Bonchev–Trinajstić information content (AvgIpc) is 2.91. The van der Waals surface area contributed by atoms with E-state index in [1.807, 2.05) is 36.4 Å². The van der Waals surface area contributed by atoms with Crippen LogP contribution in [0.25, 0.3) is 11.1 Å². The minimum absolute atomic E-state index is 0.0480. The summed E-state index contributed by atoms with van der Waals surface area (Å²) in [5.41, 5.74) is 11.5. The molecule has 1 aliphatic carbocycles. The Bertz CT molecular complexity index is 1160. The van der Waals surface area contributed by atoms with Crippen LogP contribution in [0.5, 0.6) is 0 Å². The highest BCUT2D eigenvalue weighted by Gasteiger charge is 2.39. The summed E-state index contributed by atoms with van der Waals surface area (Å²) >= 11 is 0. The van der Waals surface area contributed by atoms with Gasteiger partial charge in [-0.1, -0.05) is 79.6 Å². The van der Waals surface area contributed by atoms with Crippen LogP contribution in [0.15, 0.2) is 78.9 Å². The van der Waals surface area contributed by atoms with E-state index in [2.05, 4.69) is 58.6 Å². The summed E-state index contributed by atoms with van der Waals surface area (Å²) in [5.74, 6) is 0.563. The third kappa shape index (κ3) is 5.63. The summed E-state index contributed by atoms with van der Waals surface area (Å²) in [6, 6.07) is 26.9. The zero-order chi connectivity index (χ0) is 24.0. The van der Waals surface area contributed by atoms with Crippen molar-refractivity contribution >= 4 is 11.8 Å². The second-order valence-electron chi connectivity index (χ2n) is 9.77. The Morgan fingerprint density at radius 2 is 1.63 bits per heavy atom. The maximum Gasteiger partial charge on any atom is 0.251 e. The lowest BCUT2D eigenvalue weighted by Gasteiger charge is -2.41. The molecule has 3 aromatic rings. The number of rotatable bonds is 7. The van der Waals surface area contributed by atoms with Crippen molar-refractivity contribution in [3.05, 3.63) is 95.6 Å². The van der Waals surface area contributed by atoms with Gasteiger partial charge in [-0.2, -0.15) is 0 Å². The van der Waals surface area contributed by atoms with Crippen molar-refractivity contribution < 1.29 is 9.59 Å². The summed E-state index contributed by atoms with van der Waals surface area (Å²) < 4.78 is 0. The Kier molecular flexibility index (Phi) is 7.24. The molecule has 0 bridgehead atoms. The second kappa shape index (κ2) is 10.9. The largest absolute Gasteiger partial charge is 0.352 e. The number of benzene rings is 3. The highest BCUT2D eigenvalue weighted by atomic mass is 16.2. The topological polar surface area (TPSA) is 70.2 Å². The van der Waals surface area contributed by atoms with E-state index in [4.69, 9.17) is 0 Å². The van der Waals surface area contributed by atoms with Gasteiger partial charge in [0.05, 0.1) is 0 Å². The zero-order valence-electron chi connectivity index (χ0n) is 20.0. The van der Waals surface area contributed by atoms with E-state index < -0.39 is 0 Å². The van der Waals surface area contributed by atoms with E-state index >= 15 is 0 Å². The summed E-state index contributed by atoms with van der Waals surface area (Å²) in [6.07, 6.45) is 5.97. The van der Waals surface area contributed by atoms with Crippen molar-refractivity contribution in [1.82, 2.24) is 16.2 Å². The van der Waals surface area contributed by atoms with Crippen LogP contribution in [-0.4, -0.2) is 24.4 Å². The van der Waals surface area contributed by atoms with Crippen LogP contribution in [0.3, 0.4) is 0 Å². The van der Waals surface area contributed by atoms with Gasteiger partial charge in [0.15, 0.2) is 0 Å². The summed E-state index contributed by atoms with van der Waals surface area (Å²) in [4.78, 5) is 25.0. The van der Waals surface area contributed by atoms with Crippen LogP contribution in [0.2, 0.25) is 0 Å². The Balaban J connectivity index is 1.15. The van der Waals surface area contributed by atoms with Crippen LogP contribution >= 0.6 is 0 Å². The van der Waals surface area contributed by atoms with Gasteiger partial charge >= 0.3 is 0 Å². The van der Waals surface area contributed by atoms with Gasteiger partial charge in [0, 0.05) is 24.1 Å². The quantitative estimate of drug-likeness (QED) is 0.473. The molecule has 5 nitrogen and oxygen atoms in total. The number of amides is 2. The number of hydrazine groups is 1. The van der Waals surface area contributed by atoms with Crippen molar-refractivity contribution in [3.63, 3.8) is 0 Å². The van der Waals surface area contributed by atoms with E-state index in [0.29, 0.717) is 18.0 Å². The second-order valence-corrected chi connectivity index (χ2v) is 9.77. The number of nitrogens with one attached hydrogen (secondary N) is 3. The van der Waals surface area contributed by atoms with E-state index in [1.54, 1.807) is 0 Å². The molecule has 2 aliphatic rings. The maximum atomic E-state index is 12.8. The third-order valence-corrected chi connectivity index (χ3v) is 7.46. The van der Waals surface area contributed by atoms with Crippen molar-refractivity contribution in [1.29, 1.82) is 0 Å². The molecule has 3 unspecified atom stereocenters. The van der Waals surface area contributed by atoms with Crippen LogP contribution in [0.1, 0.15) is 47.2 Å². The molecule has 3 N–H and O–H groups in total. The lowest BCUT2D eigenvalue weighted by atomic mass is 9.72. The van der Waals surface area contributed by atoms with Crippen LogP contribution in [-0.2, 0) is 17.6 Å². The third-order valence-electron chi connectivity index (χ3n) is 7.46. The SMILES string of the molecule is O=C(NCCc1ccc(-c2ccccc2)cc1)c1cccc(CC2NNC(=O)C3CCCCC23)c1. The minimum atomic E-state index is -0.0480. The molecule has 180 valence electrons. The van der Waals surface area contributed by atoms with Crippen LogP contribution < -0.4 is 16.2 Å². The van der Waals surface area contributed by atoms with E-state index in [-0.39, 0.29) is 23.8 Å². The van der Waals surface area contributed by atoms with Gasteiger partial charge in [-0.15, -0.1) is 0 Å². The van der Waals surface area contributed by atoms with Crippen LogP contribution in [0.4, 0.5) is 0 Å². The normalized spacial score (nSPS) is 21.6. The fraction of sp³-hybridized carbons (Fsp3) is 0.333. The van der Waals surface area contributed by atoms with Gasteiger partial charge in [-0.25, -0.2) is 5.43 Å². The Hall–Kier alpha value is -3.44. The molecule has 1 heterocycles. The average molecular weight is 468 g/mol. The number of carbonyl (C=O) groups is 2. The van der Waals surface area contributed by atoms with Gasteiger partial charge in [-0.05, 0) is 66.0 Å². The first-order chi connectivity index (χ1) is 17.2. The lowest BCUT2D eigenvalue weighted by Crippen LogP contribution is -2.60. The van der Waals surface area contributed by atoms with Crippen molar-refractivity contribution in [3.8, 4) is 11.1 Å². The summed E-state index contributed by atoms with van der Waals surface area (Å²) in [7, 11) is 0. The Morgan fingerprint density at radius 1 is 0.857 bits per heavy atom. The highest BCUT2D eigenvalue weighted by Crippen LogP contribution is 2.35. The molecule has 2 fully saturated rings. The highest BCUT2D eigenvalue weighted by molar-refractivity contribution is 5.94. The van der Waals surface area contributed by atoms with Crippen LogP contribution in [0, 0.1) is 11.8 Å². The van der Waals surface area contributed by atoms with Gasteiger partial charge in [0.25, 0.3) is 5.91 Å². The molecule has 3 atom stereocenters. The number of hydrogen-bond acceptors (Lipinski definition) is 3. The van der Waals surface area contributed by atoms with Gasteiger partial charge in [0.1, 0.15) is 0 Å². The fourth-order valence-electron chi connectivity index (χ4n) is 5.54. The molecule has 3 aromatic carbocycles. The van der Waals surface area contributed by atoms with Gasteiger partial charge in [0.2, 0.25) is 5.91 Å². The zero-order valence-corrected chi connectivity index (χ0v) is 20.0. The first kappa shape index (κ1) is 23.3. The van der Waals surface area contributed by atoms with Gasteiger partial charge < -0.3 is 5.32 Å².